The van der Waals surface area contributed by atoms with Gasteiger partial charge in [-0.25, -0.2) is 4.39 Å². The smallest absolute Gasteiger partial charge is 0.287 e. The van der Waals surface area contributed by atoms with Gasteiger partial charge in [0.05, 0.1) is 12.6 Å². The van der Waals surface area contributed by atoms with Gasteiger partial charge in [-0.1, -0.05) is 41.9 Å². The van der Waals surface area contributed by atoms with Crippen molar-refractivity contribution in [3.63, 3.8) is 0 Å². The molecule has 0 radical (unpaired) electrons. The summed E-state index contributed by atoms with van der Waals surface area (Å²) >= 11 is 6.57. The molecule has 2 aromatic heterocycles. The fraction of sp³-hybridized carbons (Fsp3) is 0.192. The Balaban J connectivity index is 1.31. The first-order valence-corrected chi connectivity index (χ1v) is 11.2. The summed E-state index contributed by atoms with van der Waals surface area (Å²) in [6.45, 7) is 2.54. The molecule has 0 saturated carbocycles. The Labute approximate surface area is 196 Å². The molecule has 0 aliphatic carbocycles. The molecule has 5 nitrogen and oxygen atoms in total. The summed E-state index contributed by atoms with van der Waals surface area (Å²) in [5, 5.41) is 3.54. The molecule has 1 atom stereocenters. The number of aromatic nitrogens is 1. The first-order chi connectivity index (χ1) is 16.1. The fourth-order valence-corrected chi connectivity index (χ4v) is 4.55. The van der Waals surface area contributed by atoms with Crippen molar-refractivity contribution in [1.29, 1.82) is 0 Å². The number of rotatable bonds is 6. The van der Waals surface area contributed by atoms with Crippen molar-refractivity contribution in [3.8, 4) is 0 Å². The highest BCUT2D eigenvalue weighted by atomic mass is 35.5. The van der Waals surface area contributed by atoms with Gasteiger partial charge in [-0.3, -0.25) is 9.69 Å². The third-order valence-corrected chi connectivity index (χ3v) is 6.29. The number of amides is 1. The minimum atomic E-state index is -0.305. The number of nitrogens with zero attached hydrogens (tertiary/aromatic N) is 2. The molecule has 1 unspecified atom stereocenters. The lowest BCUT2D eigenvalue weighted by Crippen LogP contribution is -2.38. The molecule has 0 bridgehead atoms. The normalized spacial score (nSPS) is 15.9. The molecule has 4 aromatic rings. The minimum Gasteiger partial charge on any atom is -0.455 e. The van der Waals surface area contributed by atoms with E-state index in [0.717, 1.165) is 29.2 Å². The van der Waals surface area contributed by atoms with E-state index < -0.39 is 0 Å². The maximum atomic E-state index is 13.1. The Hall–Kier alpha value is -3.35. The van der Waals surface area contributed by atoms with Gasteiger partial charge in [0.1, 0.15) is 11.6 Å². The molecule has 0 fully saturated rings. The summed E-state index contributed by atoms with van der Waals surface area (Å²) in [6.07, 6.45) is 2.09. The number of nitrogens with one attached hydrogen (secondary N) is 1. The number of benzene rings is 2. The summed E-state index contributed by atoms with van der Waals surface area (Å²) in [6, 6.07) is 21.6. The highest BCUT2D eigenvalue weighted by molar-refractivity contribution is 6.31. The third kappa shape index (κ3) is 4.58. The zero-order valence-electron chi connectivity index (χ0n) is 17.9. The number of halogens is 2. The van der Waals surface area contributed by atoms with Crippen molar-refractivity contribution in [2.45, 2.75) is 25.7 Å². The van der Waals surface area contributed by atoms with Gasteiger partial charge in [-0.15, -0.1) is 0 Å². The number of hydrogen-bond acceptors (Lipinski definition) is 3. The Morgan fingerprint density at radius 3 is 2.67 bits per heavy atom. The van der Waals surface area contributed by atoms with Crippen molar-refractivity contribution in [2.75, 3.05) is 6.54 Å². The van der Waals surface area contributed by atoms with E-state index in [0.29, 0.717) is 18.8 Å². The van der Waals surface area contributed by atoms with E-state index in [2.05, 4.69) is 39.2 Å². The molecule has 1 aliphatic rings. The average Bonchev–Trinajstić information content (AvgIpc) is 3.49. The van der Waals surface area contributed by atoms with Crippen LogP contribution in [0.15, 0.2) is 83.4 Å². The van der Waals surface area contributed by atoms with Crippen molar-refractivity contribution < 1.29 is 13.6 Å². The van der Waals surface area contributed by atoms with Crippen molar-refractivity contribution in [2.24, 2.45) is 0 Å². The lowest BCUT2D eigenvalue weighted by molar-refractivity contribution is 0.0916. The maximum Gasteiger partial charge on any atom is 0.287 e. The molecule has 1 amide bonds. The van der Waals surface area contributed by atoms with Crippen LogP contribution in [-0.2, 0) is 19.6 Å². The quantitative estimate of drug-likeness (QED) is 0.416. The lowest BCUT2D eigenvalue weighted by Gasteiger charge is -2.37. The molecule has 7 heteroatoms. The first kappa shape index (κ1) is 21.5. The standard InChI is InChI=1S/C26H23ClFN3O2/c27-22-5-2-1-4-21(22)25-23-6-3-13-30(23)14-15-31(25)17-20-11-12-24(33-20)26(32)29-16-18-7-9-19(28)10-8-18/h1-13,25H,14-17H2,(H,29,32). The SMILES string of the molecule is O=C(NCc1ccc(F)cc1)c1ccc(CN2CCn3cccc3C2c2ccccc2Cl)o1. The first-order valence-electron chi connectivity index (χ1n) is 10.8. The molecule has 168 valence electrons. The van der Waals surface area contributed by atoms with E-state index in [4.69, 9.17) is 16.0 Å². The van der Waals surface area contributed by atoms with Gasteiger partial charge in [0.25, 0.3) is 5.91 Å². The Kier molecular flexibility index (Phi) is 6.03. The van der Waals surface area contributed by atoms with Crippen molar-refractivity contribution in [3.05, 3.63) is 118 Å². The van der Waals surface area contributed by atoms with Crippen LogP contribution in [0.2, 0.25) is 5.02 Å². The molecule has 33 heavy (non-hydrogen) atoms. The Bertz CT molecular complexity index is 1260. The molecule has 2 aromatic carbocycles. The number of carbonyl (C=O) groups excluding carboxylic acids is 1. The second kappa shape index (κ2) is 9.25. The van der Waals surface area contributed by atoms with Crippen LogP contribution in [-0.4, -0.2) is 21.9 Å². The van der Waals surface area contributed by atoms with E-state index in [1.807, 2.05) is 24.3 Å². The average molecular weight is 464 g/mol. The van der Waals surface area contributed by atoms with Crippen molar-refractivity contribution >= 4 is 17.5 Å². The third-order valence-electron chi connectivity index (χ3n) is 5.95. The fourth-order valence-electron chi connectivity index (χ4n) is 4.31. The van der Waals surface area contributed by atoms with Crippen LogP contribution in [0.4, 0.5) is 4.39 Å². The van der Waals surface area contributed by atoms with E-state index >= 15 is 0 Å². The van der Waals surface area contributed by atoms with Crippen LogP contribution in [0.3, 0.4) is 0 Å². The summed E-state index contributed by atoms with van der Waals surface area (Å²) in [4.78, 5) is 14.9. The van der Waals surface area contributed by atoms with Gasteiger partial charge >= 0.3 is 0 Å². The van der Waals surface area contributed by atoms with Crippen LogP contribution in [0.1, 0.15) is 39.2 Å². The number of fused-ring (bicyclic) bond motifs is 1. The Morgan fingerprint density at radius 1 is 1.03 bits per heavy atom. The minimum absolute atomic E-state index is 0.0108. The highest BCUT2D eigenvalue weighted by Crippen LogP contribution is 2.36. The molecule has 1 N–H and O–H groups in total. The molecule has 3 heterocycles. The largest absolute Gasteiger partial charge is 0.455 e. The number of carbonyl (C=O) groups is 1. The molecular weight excluding hydrogens is 441 g/mol. The van der Waals surface area contributed by atoms with E-state index in [9.17, 15) is 9.18 Å². The topological polar surface area (TPSA) is 50.4 Å². The monoisotopic (exact) mass is 463 g/mol. The van der Waals surface area contributed by atoms with Gasteiger partial charge in [0.15, 0.2) is 5.76 Å². The second-order valence-electron chi connectivity index (χ2n) is 8.10. The predicted molar refractivity (Wildman–Crippen MR) is 124 cm³/mol. The zero-order chi connectivity index (χ0) is 22.8. The van der Waals surface area contributed by atoms with Crippen LogP contribution < -0.4 is 5.32 Å². The van der Waals surface area contributed by atoms with Crippen LogP contribution in [0.5, 0.6) is 0 Å². The predicted octanol–water partition coefficient (Wildman–Crippen LogP) is 5.41. The zero-order valence-corrected chi connectivity index (χ0v) is 18.6. The summed E-state index contributed by atoms with van der Waals surface area (Å²) in [5.74, 6) is 0.349. The summed E-state index contributed by atoms with van der Waals surface area (Å²) in [7, 11) is 0. The molecule has 0 saturated heterocycles. The van der Waals surface area contributed by atoms with Gasteiger partial charge in [0.2, 0.25) is 0 Å². The van der Waals surface area contributed by atoms with E-state index in [1.54, 1.807) is 18.2 Å². The van der Waals surface area contributed by atoms with Crippen LogP contribution >= 0.6 is 11.6 Å². The van der Waals surface area contributed by atoms with Gasteiger partial charge in [-0.05, 0) is 53.6 Å². The summed E-state index contributed by atoms with van der Waals surface area (Å²) in [5.41, 5.74) is 3.04. The molecule has 5 rings (SSSR count). The molecular formula is C26H23ClFN3O2. The van der Waals surface area contributed by atoms with Crippen LogP contribution in [0.25, 0.3) is 0 Å². The number of hydrogen-bond donors (Lipinski definition) is 1. The van der Waals surface area contributed by atoms with E-state index in [-0.39, 0.29) is 23.5 Å². The molecule has 0 spiro atoms. The maximum absolute atomic E-state index is 13.1. The highest BCUT2D eigenvalue weighted by Gasteiger charge is 2.30. The molecule has 1 aliphatic heterocycles. The van der Waals surface area contributed by atoms with E-state index in [1.165, 1.54) is 17.8 Å². The Morgan fingerprint density at radius 2 is 1.85 bits per heavy atom. The number of furan rings is 1. The lowest BCUT2D eigenvalue weighted by atomic mass is 9.99. The van der Waals surface area contributed by atoms with Gasteiger partial charge in [0, 0.05) is 36.5 Å². The van der Waals surface area contributed by atoms with Gasteiger partial charge < -0.3 is 14.3 Å². The summed E-state index contributed by atoms with van der Waals surface area (Å²) < 4.78 is 21.2. The van der Waals surface area contributed by atoms with Crippen LogP contribution in [0, 0.1) is 5.82 Å². The van der Waals surface area contributed by atoms with Gasteiger partial charge in [-0.2, -0.15) is 0 Å². The second-order valence-corrected chi connectivity index (χ2v) is 8.50. The van der Waals surface area contributed by atoms with Crippen molar-refractivity contribution in [1.82, 2.24) is 14.8 Å².